The smallest absolute Gasteiger partial charge is 0.252 e. The van der Waals surface area contributed by atoms with Crippen molar-refractivity contribution in [1.82, 2.24) is 9.97 Å². The van der Waals surface area contributed by atoms with E-state index in [0.717, 1.165) is 37.6 Å². The number of nitrogen functional groups attached to an aromatic ring is 1. The predicted molar refractivity (Wildman–Crippen MR) is 98.8 cm³/mol. The number of H-pyrrole nitrogens is 1. The average molecular weight is 327 g/mol. The first-order chi connectivity index (χ1) is 11.3. The molecule has 0 atom stereocenters. The molecule has 0 bridgehead atoms. The van der Waals surface area contributed by atoms with Crippen LogP contribution in [0.4, 0.5) is 17.3 Å². The molecule has 1 aliphatic rings. The van der Waals surface area contributed by atoms with E-state index in [2.05, 4.69) is 40.5 Å². The summed E-state index contributed by atoms with van der Waals surface area (Å²) in [6, 6.07) is 9.53. The lowest BCUT2D eigenvalue weighted by atomic mass is 9.92. The second-order valence-electron chi connectivity index (χ2n) is 7.27. The molecule has 6 heteroatoms. The lowest BCUT2D eigenvalue weighted by Gasteiger charge is -2.36. The minimum atomic E-state index is -0.144. The highest BCUT2D eigenvalue weighted by atomic mass is 16.1. The lowest BCUT2D eigenvalue weighted by molar-refractivity contribution is 0.560. The van der Waals surface area contributed by atoms with Crippen LogP contribution in [0.15, 0.2) is 35.1 Å². The lowest BCUT2D eigenvalue weighted by Crippen LogP contribution is -2.47. The number of piperazine rings is 1. The van der Waals surface area contributed by atoms with Gasteiger partial charge in [0.2, 0.25) is 5.95 Å². The molecule has 2 aromatic rings. The van der Waals surface area contributed by atoms with Gasteiger partial charge in [-0.2, -0.15) is 0 Å². The van der Waals surface area contributed by atoms with Crippen LogP contribution >= 0.6 is 0 Å². The van der Waals surface area contributed by atoms with Gasteiger partial charge in [-0.25, -0.2) is 4.98 Å². The summed E-state index contributed by atoms with van der Waals surface area (Å²) < 4.78 is 0. The van der Waals surface area contributed by atoms with Crippen LogP contribution in [0, 0.1) is 0 Å². The van der Waals surface area contributed by atoms with Crippen molar-refractivity contribution in [2.45, 2.75) is 26.2 Å². The molecule has 0 spiro atoms. The quantitative estimate of drug-likeness (QED) is 0.825. The Balaban J connectivity index is 1.74. The number of benzene rings is 1. The van der Waals surface area contributed by atoms with E-state index in [-0.39, 0.29) is 11.0 Å². The van der Waals surface area contributed by atoms with E-state index in [0.29, 0.717) is 5.95 Å². The van der Waals surface area contributed by atoms with Crippen LogP contribution < -0.4 is 21.1 Å². The van der Waals surface area contributed by atoms with Crippen molar-refractivity contribution < 1.29 is 0 Å². The predicted octanol–water partition coefficient (Wildman–Crippen LogP) is 1.98. The molecule has 0 aliphatic carbocycles. The van der Waals surface area contributed by atoms with Gasteiger partial charge >= 0.3 is 0 Å². The van der Waals surface area contributed by atoms with Crippen molar-refractivity contribution in [1.29, 1.82) is 0 Å². The fourth-order valence-electron chi connectivity index (χ4n) is 2.84. The first-order valence-electron chi connectivity index (χ1n) is 8.30. The van der Waals surface area contributed by atoms with Crippen LogP contribution in [-0.2, 0) is 5.41 Å². The van der Waals surface area contributed by atoms with Crippen LogP contribution in [0.2, 0.25) is 0 Å². The Kier molecular flexibility index (Phi) is 4.22. The molecule has 3 rings (SSSR count). The molecule has 1 aromatic heterocycles. The standard InChI is InChI=1S/C18H25N5O/c1-18(2,3)15-12-16(24)21-17(20-15)23-10-8-22(9-11-23)14-6-4-13(19)5-7-14/h4-7,12H,8-11,19H2,1-3H3,(H,20,21,24). The van der Waals surface area contributed by atoms with Crippen LogP contribution in [0.5, 0.6) is 0 Å². The number of nitrogens with two attached hydrogens (primary N) is 1. The van der Waals surface area contributed by atoms with Gasteiger partial charge in [0.05, 0.1) is 5.69 Å². The van der Waals surface area contributed by atoms with Crippen LogP contribution in [-0.4, -0.2) is 36.1 Å². The molecular formula is C18H25N5O. The van der Waals surface area contributed by atoms with Crippen molar-refractivity contribution in [3.05, 3.63) is 46.4 Å². The SMILES string of the molecule is CC(C)(C)c1cc(=O)[nH]c(N2CCN(c3ccc(N)cc3)CC2)n1. The first-order valence-corrected chi connectivity index (χ1v) is 8.30. The van der Waals surface area contributed by atoms with E-state index < -0.39 is 0 Å². The zero-order chi connectivity index (χ0) is 17.3. The molecule has 24 heavy (non-hydrogen) atoms. The molecule has 1 aromatic carbocycles. The Morgan fingerprint density at radius 1 is 1.04 bits per heavy atom. The Bertz CT molecular complexity index is 752. The van der Waals surface area contributed by atoms with Gasteiger partial charge in [-0.15, -0.1) is 0 Å². The zero-order valence-electron chi connectivity index (χ0n) is 14.5. The zero-order valence-corrected chi connectivity index (χ0v) is 14.5. The second-order valence-corrected chi connectivity index (χ2v) is 7.27. The Labute approximate surface area is 142 Å². The molecular weight excluding hydrogens is 302 g/mol. The Hall–Kier alpha value is -2.50. The Morgan fingerprint density at radius 3 is 2.21 bits per heavy atom. The van der Waals surface area contributed by atoms with Crippen LogP contribution in [0.3, 0.4) is 0 Å². The summed E-state index contributed by atoms with van der Waals surface area (Å²) in [5, 5.41) is 0. The minimum Gasteiger partial charge on any atom is -0.399 e. The number of rotatable bonds is 2. The maximum absolute atomic E-state index is 12.0. The molecule has 1 aliphatic heterocycles. The van der Waals surface area contributed by atoms with Gasteiger partial charge in [-0.1, -0.05) is 20.8 Å². The summed E-state index contributed by atoms with van der Waals surface area (Å²) in [6.45, 7) is 9.61. The van der Waals surface area contributed by atoms with E-state index in [1.54, 1.807) is 6.07 Å². The van der Waals surface area contributed by atoms with Gasteiger partial charge in [0, 0.05) is 49.0 Å². The molecule has 128 valence electrons. The van der Waals surface area contributed by atoms with E-state index in [1.807, 2.05) is 24.3 Å². The highest BCUT2D eigenvalue weighted by Gasteiger charge is 2.22. The third-order valence-electron chi connectivity index (χ3n) is 4.34. The summed E-state index contributed by atoms with van der Waals surface area (Å²) in [4.78, 5) is 24.0. The van der Waals surface area contributed by atoms with Crippen molar-refractivity contribution in [3.63, 3.8) is 0 Å². The number of hydrogen-bond acceptors (Lipinski definition) is 5. The molecule has 6 nitrogen and oxygen atoms in total. The molecule has 1 fully saturated rings. The number of nitrogens with one attached hydrogen (secondary N) is 1. The topological polar surface area (TPSA) is 78.2 Å². The number of anilines is 3. The number of hydrogen-bond donors (Lipinski definition) is 2. The van der Waals surface area contributed by atoms with E-state index in [1.165, 1.54) is 5.69 Å². The van der Waals surface area contributed by atoms with Gasteiger partial charge in [0.1, 0.15) is 0 Å². The Morgan fingerprint density at radius 2 is 1.62 bits per heavy atom. The fourth-order valence-corrected chi connectivity index (χ4v) is 2.84. The molecule has 0 saturated carbocycles. The van der Waals surface area contributed by atoms with E-state index in [9.17, 15) is 4.79 Å². The molecule has 0 unspecified atom stereocenters. The monoisotopic (exact) mass is 327 g/mol. The highest BCUT2D eigenvalue weighted by Crippen LogP contribution is 2.22. The summed E-state index contributed by atoms with van der Waals surface area (Å²) in [5.41, 5.74) is 8.29. The largest absolute Gasteiger partial charge is 0.399 e. The maximum Gasteiger partial charge on any atom is 0.252 e. The first kappa shape index (κ1) is 16.4. The summed E-state index contributed by atoms with van der Waals surface area (Å²) in [6.07, 6.45) is 0. The van der Waals surface area contributed by atoms with Crippen molar-refractivity contribution >= 4 is 17.3 Å². The van der Waals surface area contributed by atoms with Gasteiger partial charge < -0.3 is 15.5 Å². The third-order valence-corrected chi connectivity index (χ3v) is 4.34. The minimum absolute atomic E-state index is 0.0918. The van der Waals surface area contributed by atoms with Crippen molar-refractivity contribution in [2.75, 3.05) is 41.7 Å². The van der Waals surface area contributed by atoms with Crippen molar-refractivity contribution in [2.24, 2.45) is 0 Å². The van der Waals surface area contributed by atoms with Gasteiger partial charge in [-0.05, 0) is 24.3 Å². The van der Waals surface area contributed by atoms with Gasteiger partial charge in [0.15, 0.2) is 0 Å². The van der Waals surface area contributed by atoms with E-state index in [4.69, 9.17) is 5.73 Å². The molecule has 0 radical (unpaired) electrons. The van der Waals surface area contributed by atoms with Gasteiger partial charge in [0.25, 0.3) is 5.56 Å². The third kappa shape index (κ3) is 3.53. The highest BCUT2D eigenvalue weighted by molar-refractivity contribution is 5.54. The summed E-state index contributed by atoms with van der Waals surface area (Å²) >= 11 is 0. The van der Waals surface area contributed by atoms with Crippen molar-refractivity contribution in [3.8, 4) is 0 Å². The van der Waals surface area contributed by atoms with E-state index >= 15 is 0 Å². The number of aromatic amines is 1. The second kappa shape index (κ2) is 6.19. The number of aromatic nitrogens is 2. The molecule has 2 heterocycles. The van der Waals surface area contributed by atoms with Gasteiger partial charge in [-0.3, -0.25) is 9.78 Å². The van der Waals surface area contributed by atoms with Crippen LogP contribution in [0.25, 0.3) is 0 Å². The van der Waals surface area contributed by atoms with Crippen LogP contribution in [0.1, 0.15) is 26.5 Å². The molecule has 0 amide bonds. The fraction of sp³-hybridized carbons (Fsp3) is 0.444. The maximum atomic E-state index is 12.0. The molecule has 3 N–H and O–H groups in total. The average Bonchev–Trinajstić information content (AvgIpc) is 2.54. The normalized spacial score (nSPS) is 15.6. The summed E-state index contributed by atoms with van der Waals surface area (Å²) in [5.74, 6) is 0.671. The summed E-state index contributed by atoms with van der Waals surface area (Å²) in [7, 11) is 0. The number of nitrogens with zero attached hydrogens (tertiary/aromatic N) is 3. The molecule has 1 saturated heterocycles.